The molecule has 0 radical (unpaired) electrons. The number of thioether (sulfide) groups is 1. The van der Waals surface area contributed by atoms with E-state index in [9.17, 15) is 9.59 Å². The molecule has 1 aromatic heterocycles. The number of carboxylic acid groups (broad SMARTS) is 1. The van der Waals surface area contributed by atoms with Gasteiger partial charge < -0.3 is 9.67 Å². The average Bonchev–Trinajstić information content (AvgIpc) is 2.28. The molecule has 98 valence electrons. The first-order valence-corrected chi connectivity index (χ1v) is 7.01. The van der Waals surface area contributed by atoms with E-state index in [0.717, 1.165) is 31.0 Å². The van der Waals surface area contributed by atoms with Crippen LogP contribution in [0.5, 0.6) is 0 Å². The lowest BCUT2D eigenvalue weighted by Gasteiger charge is -2.44. The summed E-state index contributed by atoms with van der Waals surface area (Å²) >= 11 is 1.11. The Kier molecular flexibility index (Phi) is 3.75. The minimum absolute atomic E-state index is 0.0293. The molecule has 0 unspecified atom stereocenters. The second-order valence-electron chi connectivity index (χ2n) is 4.53. The molecule has 1 aliphatic carbocycles. The zero-order chi connectivity index (χ0) is 13.2. The molecule has 18 heavy (non-hydrogen) atoms. The van der Waals surface area contributed by atoms with Crippen molar-refractivity contribution in [3.05, 3.63) is 22.6 Å². The lowest BCUT2D eigenvalue weighted by molar-refractivity contribution is -0.133. The molecule has 5 nitrogen and oxygen atoms in total. The van der Waals surface area contributed by atoms with Gasteiger partial charge in [0.1, 0.15) is 0 Å². The summed E-state index contributed by atoms with van der Waals surface area (Å²) in [6.45, 7) is 2.11. The van der Waals surface area contributed by atoms with Crippen molar-refractivity contribution in [2.45, 2.75) is 43.3 Å². The summed E-state index contributed by atoms with van der Waals surface area (Å²) < 4.78 is 1.99. The molecule has 1 N–H and O–H groups in total. The van der Waals surface area contributed by atoms with Gasteiger partial charge >= 0.3 is 5.97 Å². The average molecular weight is 268 g/mol. The van der Waals surface area contributed by atoms with E-state index in [1.807, 2.05) is 4.57 Å². The fourth-order valence-electron chi connectivity index (χ4n) is 2.33. The van der Waals surface area contributed by atoms with E-state index >= 15 is 0 Å². The molecular weight excluding hydrogens is 252 g/mol. The van der Waals surface area contributed by atoms with Gasteiger partial charge in [0, 0.05) is 17.8 Å². The van der Waals surface area contributed by atoms with E-state index in [0.29, 0.717) is 5.16 Å². The molecule has 6 heteroatoms. The summed E-state index contributed by atoms with van der Waals surface area (Å²) in [6, 6.07) is 1.44. The first kappa shape index (κ1) is 13.1. The normalized spacial score (nSPS) is 17.2. The van der Waals surface area contributed by atoms with Crippen LogP contribution in [0.4, 0.5) is 0 Å². The highest BCUT2D eigenvalue weighted by molar-refractivity contribution is 7.99. The van der Waals surface area contributed by atoms with Crippen molar-refractivity contribution in [2.24, 2.45) is 0 Å². The fraction of sp³-hybridized carbons (Fsp3) is 0.583. The van der Waals surface area contributed by atoms with Gasteiger partial charge in [-0.05, 0) is 25.7 Å². The Labute approximate surface area is 109 Å². The molecule has 0 aromatic carbocycles. The van der Waals surface area contributed by atoms with Crippen LogP contribution in [0.2, 0.25) is 0 Å². The van der Waals surface area contributed by atoms with Gasteiger partial charge in [-0.15, -0.1) is 0 Å². The number of aromatic nitrogens is 2. The molecule has 0 bridgehead atoms. The van der Waals surface area contributed by atoms with Crippen molar-refractivity contribution >= 4 is 17.7 Å². The van der Waals surface area contributed by atoms with Crippen LogP contribution in [-0.2, 0) is 10.3 Å². The lowest BCUT2D eigenvalue weighted by atomic mass is 9.74. The summed E-state index contributed by atoms with van der Waals surface area (Å²) in [5.41, 5.74) is -0.286. The third kappa shape index (κ3) is 2.43. The van der Waals surface area contributed by atoms with Gasteiger partial charge in [-0.3, -0.25) is 9.59 Å². The van der Waals surface area contributed by atoms with Gasteiger partial charge in [-0.1, -0.05) is 18.7 Å². The van der Waals surface area contributed by atoms with E-state index in [4.69, 9.17) is 5.11 Å². The van der Waals surface area contributed by atoms with Gasteiger partial charge in [0.15, 0.2) is 5.16 Å². The van der Waals surface area contributed by atoms with E-state index in [2.05, 4.69) is 11.9 Å². The summed E-state index contributed by atoms with van der Waals surface area (Å²) in [7, 11) is 0. The highest BCUT2D eigenvalue weighted by Gasteiger charge is 2.38. The van der Waals surface area contributed by atoms with Crippen molar-refractivity contribution in [1.29, 1.82) is 0 Å². The Bertz CT molecular complexity index is 503. The van der Waals surface area contributed by atoms with E-state index in [-0.39, 0.29) is 16.9 Å². The number of nitrogens with zero attached hydrogens (tertiary/aromatic N) is 2. The second kappa shape index (κ2) is 5.14. The highest BCUT2D eigenvalue weighted by Crippen LogP contribution is 2.43. The van der Waals surface area contributed by atoms with E-state index < -0.39 is 5.97 Å². The maximum absolute atomic E-state index is 11.3. The van der Waals surface area contributed by atoms with Gasteiger partial charge in [0.2, 0.25) is 0 Å². The van der Waals surface area contributed by atoms with Crippen LogP contribution in [0.25, 0.3) is 0 Å². The molecule has 0 spiro atoms. The topological polar surface area (TPSA) is 72.2 Å². The molecule has 1 heterocycles. The predicted octanol–water partition coefficient (Wildman–Crippen LogP) is 1.71. The van der Waals surface area contributed by atoms with Crippen molar-refractivity contribution in [2.75, 3.05) is 5.75 Å². The van der Waals surface area contributed by atoms with Gasteiger partial charge in [-0.2, -0.15) is 4.98 Å². The number of rotatable bonds is 5. The van der Waals surface area contributed by atoms with Crippen molar-refractivity contribution in [1.82, 2.24) is 9.55 Å². The molecule has 0 amide bonds. The molecule has 2 rings (SSSR count). The number of aliphatic carboxylic acids is 1. The molecule has 1 fully saturated rings. The lowest BCUT2D eigenvalue weighted by Crippen LogP contribution is -2.41. The minimum Gasteiger partial charge on any atom is -0.481 e. The Morgan fingerprint density at radius 3 is 2.83 bits per heavy atom. The van der Waals surface area contributed by atoms with Gasteiger partial charge in [-0.25, -0.2) is 0 Å². The van der Waals surface area contributed by atoms with Crippen molar-refractivity contribution < 1.29 is 9.90 Å². The van der Waals surface area contributed by atoms with Crippen molar-refractivity contribution in [3.63, 3.8) is 0 Å². The molecule has 1 aliphatic rings. The number of hydrogen-bond donors (Lipinski definition) is 1. The van der Waals surface area contributed by atoms with Crippen LogP contribution in [0.3, 0.4) is 0 Å². The standard InChI is InChI=1S/C12H16N2O3S/c1-2-12(5-3-6-12)14-7-4-9(15)13-11(14)18-8-10(16)17/h4,7H,2-3,5-6,8H2,1H3,(H,16,17). The van der Waals surface area contributed by atoms with Crippen LogP contribution < -0.4 is 5.56 Å². The van der Waals surface area contributed by atoms with E-state index in [1.54, 1.807) is 6.20 Å². The number of hydrogen-bond acceptors (Lipinski definition) is 4. The molecule has 1 saturated carbocycles. The van der Waals surface area contributed by atoms with E-state index in [1.165, 1.54) is 12.5 Å². The van der Waals surface area contributed by atoms with Gasteiger partial charge in [0.05, 0.1) is 5.75 Å². The zero-order valence-electron chi connectivity index (χ0n) is 10.3. The van der Waals surface area contributed by atoms with Crippen molar-refractivity contribution in [3.8, 4) is 0 Å². The predicted molar refractivity (Wildman–Crippen MR) is 69.0 cm³/mol. The summed E-state index contributed by atoms with van der Waals surface area (Å²) in [5.74, 6) is -0.972. The summed E-state index contributed by atoms with van der Waals surface area (Å²) in [6.07, 6.45) is 6.02. The van der Waals surface area contributed by atoms with Crippen LogP contribution in [0.1, 0.15) is 32.6 Å². The fourth-order valence-corrected chi connectivity index (χ4v) is 3.13. The largest absolute Gasteiger partial charge is 0.481 e. The first-order chi connectivity index (χ1) is 8.57. The van der Waals surface area contributed by atoms with Gasteiger partial charge in [0.25, 0.3) is 5.56 Å². The Balaban J connectivity index is 2.34. The Morgan fingerprint density at radius 2 is 2.33 bits per heavy atom. The Morgan fingerprint density at radius 1 is 1.61 bits per heavy atom. The number of carboxylic acids is 1. The maximum Gasteiger partial charge on any atom is 0.313 e. The second-order valence-corrected chi connectivity index (χ2v) is 5.47. The van der Waals surface area contributed by atoms with Crippen LogP contribution in [0, 0.1) is 0 Å². The summed E-state index contributed by atoms with van der Waals surface area (Å²) in [4.78, 5) is 25.9. The van der Waals surface area contributed by atoms with Crippen LogP contribution >= 0.6 is 11.8 Å². The molecule has 1 aromatic rings. The monoisotopic (exact) mass is 268 g/mol. The smallest absolute Gasteiger partial charge is 0.313 e. The highest BCUT2D eigenvalue weighted by atomic mass is 32.2. The number of carbonyl (C=O) groups is 1. The SMILES string of the molecule is CCC1(n2ccc(=O)nc2SCC(=O)O)CCC1. The minimum atomic E-state index is -0.899. The molecule has 0 aliphatic heterocycles. The summed E-state index contributed by atoms with van der Waals surface area (Å²) in [5, 5.41) is 9.25. The van der Waals surface area contributed by atoms with Crippen LogP contribution in [0.15, 0.2) is 22.2 Å². The zero-order valence-corrected chi connectivity index (χ0v) is 11.1. The molecule has 0 atom stereocenters. The third-order valence-electron chi connectivity index (χ3n) is 3.56. The van der Waals surface area contributed by atoms with Crippen LogP contribution in [-0.4, -0.2) is 26.4 Å². The molecule has 0 saturated heterocycles. The molecular formula is C12H16N2O3S. The first-order valence-electron chi connectivity index (χ1n) is 6.02. The maximum atomic E-state index is 11.3. The quantitative estimate of drug-likeness (QED) is 0.650. The Hall–Kier alpha value is -1.30. The third-order valence-corrected chi connectivity index (χ3v) is 4.49.